The first-order valence-electron chi connectivity index (χ1n) is 6.34. The molecule has 104 valence electrons. The standard InChI is InChI=1S/C12H23N3O2S/c1-5-10(3)12(13-6-2)9-15-8-11(7-14-15)18(4,16)17/h7-8,10,12-13H,5-6,9H2,1-4H3. The number of hydrogen-bond donors (Lipinski definition) is 1. The summed E-state index contributed by atoms with van der Waals surface area (Å²) in [7, 11) is -3.16. The van der Waals surface area contributed by atoms with Gasteiger partial charge in [0.25, 0.3) is 0 Å². The molecule has 18 heavy (non-hydrogen) atoms. The molecule has 5 nitrogen and oxygen atoms in total. The van der Waals surface area contributed by atoms with Gasteiger partial charge in [-0.15, -0.1) is 0 Å². The zero-order valence-electron chi connectivity index (χ0n) is 11.5. The van der Waals surface area contributed by atoms with Crippen molar-refractivity contribution in [1.82, 2.24) is 15.1 Å². The molecule has 0 aliphatic carbocycles. The minimum atomic E-state index is -3.16. The van der Waals surface area contributed by atoms with Crippen molar-refractivity contribution in [2.24, 2.45) is 5.92 Å². The molecular weight excluding hydrogens is 250 g/mol. The van der Waals surface area contributed by atoms with Crippen molar-refractivity contribution in [2.45, 2.75) is 44.7 Å². The Kier molecular flexibility index (Phi) is 5.34. The minimum absolute atomic E-state index is 0.280. The van der Waals surface area contributed by atoms with Crippen molar-refractivity contribution in [3.8, 4) is 0 Å². The highest BCUT2D eigenvalue weighted by atomic mass is 32.2. The molecule has 0 amide bonds. The third kappa shape index (κ3) is 4.10. The lowest BCUT2D eigenvalue weighted by Crippen LogP contribution is -2.38. The molecule has 2 unspecified atom stereocenters. The SMILES string of the molecule is CCNC(Cn1cc(S(C)(=O)=O)cn1)C(C)CC. The topological polar surface area (TPSA) is 64.0 Å². The summed E-state index contributed by atoms with van der Waals surface area (Å²) in [5, 5.41) is 7.54. The Balaban J connectivity index is 2.78. The van der Waals surface area contributed by atoms with Crippen LogP contribution < -0.4 is 5.32 Å². The number of likely N-dealkylation sites (N-methyl/N-ethyl adjacent to an activating group) is 1. The third-order valence-electron chi connectivity index (χ3n) is 3.22. The molecule has 0 saturated carbocycles. The van der Waals surface area contributed by atoms with Gasteiger partial charge in [0, 0.05) is 18.5 Å². The van der Waals surface area contributed by atoms with Crippen molar-refractivity contribution >= 4 is 9.84 Å². The summed E-state index contributed by atoms with van der Waals surface area (Å²) < 4.78 is 24.5. The van der Waals surface area contributed by atoms with Gasteiger partial charge in [0.05, 0.1) is 12.7 Å². The Hall–Kier alpha value is -0.880. The maximum absolute atomic E-state index is 11.4. The summed E-state index contributed by atoms with van der Waals surface area (Å²) in [6, 6.07) is 0.312. The first-order valence-corrected chi connectivity index (χ1v) is 8.23. The second kappa shape index (κ2) is 6.33. The van der Waals surface area contributed by atoms with Gasteiger partial charge in [-0.3, -0.25) is 4.68 Å². The number of aromatic nitrogens is 2. The van der Waals surface area contributed by atoms with E-state index in [2.05, 4.69) is 31.2 Å². The van der Waals surface area contributed by atoms with E-state index in [1.54, 1.807) is 10.9 Å². The van der Waals surface area contributed by atoms with E-state index in [1.807, 2.05) is 0 Å². The van der Waals surface area contributed by atoms with Crippen LogP contribution >= 0.6 is 0 Å². The number of rotatable bonds is 7. The molecule has 0 aliphatic heterocycles. The van der Waals surface area contributed by atoms with Crippen LogP contribution in [0.5, 0.6) is 0 Å². The highest BCUT2D eigenvalue weighted by molar-refractivity contribution is 7.90. The minimum Gasteiger partial charge on any atom is -0.312 e. The summed E-state index contributed by atoms with van der Waals surface area (Å²) in [5.74, 6) is 0.524. The highest BCUT2D eigenvalue weighted by Crippen LogP contribution is 2.12. The molecule has 1 heterocycles. The predicted octanol–water partition coefficient (Wildman–Crippen LogP) is 1.31. The quantitative estimate of drug-likeness (QED) is 0.813. The lowest BCUT2D eigenvalue weighted by atomic mass is 9.99. The molecule has 1 N–H and O–H groups in total. The summed E-state index contributed by atoms with van der Waals surface area (Å²) in [4.78, 5) is 0.280. The maximum Gasteiger partial charge on any atom is 0.178 e. The summed E-state index contributed by atoms with van der Waals surface area (Å²) in [5.41, 5.74) is 0. The van der Waals surface area contributed by atoms with Gasteiger partial charge in [-0.25, -0.2) is 8.42 Å². The van der Waals surface area contributed by atoms with Crippen LogP contribution in [0.1, 0.15) is 27.2 Å². The Bertz CT molecular complexity index is 467. The Morgan fingerprint density at radius 3 is 2.56 bits per heavy atom. The Morgan fingerprint density at radius 2 is 2.11 bits per heavy atom. The maximum atomic E-state index is 11.4. The van der Waals surface area contributed by atoms with Crippen molar-refractivity contribution in [2.75, 3.05) is 12.8 Å². The molecule has 0 aromatic carbocycles. The van der Waals surface area contributed by atoms with Gasteiger partial charge in [0.15, 0.2) is 9.84 Å². The Morgan fingerprint density at radius 1 is 1.44 bits per heavy atom. The van der Waals surface area contributed by atoms with Gasteiger partial charge in [-0.1, -0.05) is 27.2 Å². The largest absolute Gasteiger partial charge is 0.312 e. The fourth-order valence-corrected chi connectivity index (χ4v) is 2.38. The molecule has 1 aromatic rings. The molecule has 2 atom stereocenters. The first-order chi connectivity index (χ1) is 8.38. The lowest BCUT2D eigenvalue weighted by molar-refractivity contribution is 0.323. The van der Waals surface area contributed by atoms with E-state index in [0.717, 1.165) is 13.0 Å². The first kappa shape index (κ1) is 15.2. The van der Waals surface area contributed by atoms with Crippen LogP contribution in [-0.2, 0) is 16.4 Å². The number of nitrogens with zero attached hydrogens (tertiary/aromatic N) is 2. The van der Waals surface area contributed by atoms with Gasteiger partial charge >= 0.3 is 0 Å². The van der Waals surface area contributed by atoms with Gasteiger partial charge in [-0.2, -0.15) is 5.10 Å². The average Bonchev–Trinajstić information content (AvgIpc) is 2.75. The van der Waals surface area contributed by atoms with Crippen LogP contribution in [0.25, 0.3) is 0 Å². The van der Waals surface area contributed by atoms with Crippen LogP contribution in [0.15, 0.2) is 17.3 Å². The smallest absolute Gasteiger partial charge is 0.178 e. The molecule has 1 rings (SSSR count). The molecule has 0 spiro atoms. The van der Waals surface area contributed by atoms with Crippen LogP contribution in [0, 0.1) is 5.92 Å². The zero-order valence-corrected chi connectivity index (χ0v) is 12.4. The second-order valence-electron chi connectivity index (χ2n) is 4.72. The van der Waals surface area contributed by atoms with E-state index in [0.29, 0.717) is 18.5 Å². The highest BCUT2D eigenvalue weighted by Gasteiger charge is 2.17. The molecule has 0 saturated heterocycles. The van der Waals surface area contributed by atoms with Crippen molar-refractivity contribution in [3.63, 3.8) is 0 Å². The average molecular weight is 273 g/mol. The number of nitrogens with one attached hydrogen (secondary N) is 1. The third-order valence-corrected chi connectivity index (χ3v) is 4.29. The van der Waals surface area contributed by atoms with Crippen LogP contribution in [-0.4, -0.2) is 37.0 Å². The fraction of sp³-hybridized carbons (Fsp3) is 0.750. The fourth-order valence-electron chi connectivity index (χ4n) is 1.83. The van der Waals surface area contributed by atoms with E-state index in [9.17, 15) is 8.42 Å². The second-order valence-corrected chi connectivity index (χ2v) is 6.74. The summed E-state index contributed by atoms with van der Waals surface area (Å²) in [6.45, 7) is 8.00. The van der Waals surface area contributed by atoms with Crippen molar-refractivity contribution in [3.05, 3.63) is 12.4 Å². The number of sulfone groups is 1. The Labute approximate surface area is 109 Å². The normalized spacial score (nSPS) is 15.6. The molecular formula is C12H23N3O2S. The van der Waals surface area contributed by atoms with Gasteiger partial charge in [0.1, 0.15) is 4.90 Å². The van der Waals surface area contributed by atoms with E-state index in [1.165, 1.54) is 12.5 Å². The van der Waals surface area contributed by atoms with Gasteiger partial charge < -0.3 is 5.32 Å². The van der Waals surface area contributed by atoms with E-state index < -0.39 is 9.84 Å². The van der Waals surface area contributed by atoms with E-state index in [4.69, 9.17) is 0 Å². The lowest BCUT2D eigenvalue weighted by Gasteiger charge is -2.23. The van der Waals surface area contributed by atoms with E-state index >= 15 is 0 Å². The summed E-state index contributed by atoms with van der Waals surface area (Å²) in [6.07, 6.45) is 5.29. The summed E-state index contributed by atoms with van der Waals surface area (Å²) >= 11 is 0. The van der Waals surface area contributed by atoms with E-state index in [-0.39, 0.29) is 4.90 Å². The molecule has 6 heteroatoms. The molecule has 0 bridgehead atoms. The van der Waals surface area contributed by atoms with Crippen LogP contribution in [0.4, 0.5) is 0 Å². The van der Waals surface area contributed by atoms with Crippen LogP contribution in [0.3, 0.4) is 0 Å². The van der Waals surface area contributed by atoms with Crippen molar-refractivity contribution < 1.29 is 8.42 Å². The number of hydrogen-bond acceptors (Lipinski definition) is 4. The molecule has 0 radical (unpaired) electrons. The zero-order chi connectivity index (χ0) is 13.8. The predicted molar refractivity (Wildman–Crippen MR) is 72.3 cm³/mol. The molecule has 1 aromatic heterocycles. The van der Waals surface area contributed by atoms with Gasteiger partial charge in [-0.05, 0) is 12.5 Å². The monoisotopic (exact) mass is 273 g/mol. The van der Waals surface area contributed by atoms with Crippen LogP contribution in [0.2, 0.25) is 0 Å². The van der Waals surface area contributed by atoms with Crippen molar-refractivity contribution in [1.29, 1.82) is 0 Å². The molecule has 0 aliphatic rings. The molecule has 0 fully saturated rings. The van der Waals surface area contributed by atoms with Gasteiger partial charge in [0.2, 0.25) is 0 Å².